The Bertz CT molecular complexity index is 1120. The van der Waals surface area contributed by atoms with E-state index in [4.69, 9.17) is 8.75 Å². The van der Waals surface area contributed by atoms with E-state index in [2.05, 4.69) is 38.1 Å². The fourth-order valence-electron chi connectivity index (χ4n) is 5.10. The van der Waals surface area contributed by atoms with Crippen LogP contribution < -0.4 is 0 Å². The molecule has 0 saturated heterocycles. The third kappa shape index (κ3) is 2.93. The van der Waals surface area contributed by atoms with Crippen molar-refractivity contribution in [1.82, 2.24) is 8.75 Å². The number of rotatable bonds is 2. The maximum atomic E-state index is 4.75. The fraction of sp³-hybridized carbons (Fsp3) is 0.417. The molecule has 2 atom stereocenters. The summed E-state index contributed by atoms with van der Waals surface area (Å²) in [5, 5.41) is 0. The van der Waals surface area contributed by atoms with E-state index in [0.29, 0.717) is 11.8 Å². The molecular formula is C24H24N2S3. The Morgan fingerprint density at radius 3 is 1.69 bits per heavy atom. The van der Waals surface area contributed by atoms with E-state index < -0.39 is 0 Å². The third-order valence-electron chi connectivity index (χ3n) is 6.69. The Hall–Kier alpha value is -1.56. The summed E-state index contributed by atoms with van der Waals surface area (Å²) in [5.74, 6) is 1.39. The largest absolute Gasteiger partial charge is 0.172 e. The van der Waals surface area contributed by atoms with Gasteiger partial charge in [0.05, 0.1) is 11.7 Å². The average Bonchev–Trinajstić information content (AvgIpc) is 3.45. The minimum atomic E-state index is 0.695. The lowest BCUT2D eigenvalue weighted by Crippen LogP contribution is -2.02. The van der Waals surface area contributed by atoms with E-state index >= 15 is 0 Å². The van der Waals surface area contributed by atoms with Gasteiger partial charge in [-0.1, -0.05) is 26.0 Å². The molecule has 1 aromatic carbocycles. The Labute approximate surface area is 184 Å². The number of aromatic nitrogens is 2. The highest BCUT2D eigenvalue weighted by Crippen LogP contribution is 2.46. The first-order valence-electron chi connectivity index (χ1n) is 10.7. The lowest BCUT2D eigenvalue weighted by molar-refractivity contribution is 0.602. The number of benzene rings is 1. The molecule has 0 bridgehead atoms. The van der Waals surface area contributed by atoms with Crippen LogP contribution >= 0.6 is 34.4 Å². The van der Waals surface area contributed by atoms with Gasteiger partial charge in [-0.3, -0.25) is 0 Å². The Morgan fingerprint density at radius 2 is 1.24 bits per heavy atom. The van der Waals surface area contributed by atoms with E-state index in [0.717, 1.165) is 11.0 Å². The summed E-state index contributed by atoms with van der Waals surface area (Å²) >= 11 is 5.31. The van der Waals surface area contributed by atoms with Gasteiger partial charge >= 0.3 is 0 Å². The fourth-order valence-corrected chi connectivity index (χ4v) is 8.32. The Balaban J connectivity index is 1.47. The first kappa shape index (κ1) is 18.2. The number of hydrogen-bond acceptors (Lipinski definition) is 5. The normalized spacial score (nSPS) is 21.3. The van der Waals surface area contributed by atoms with Gasteiger partial charge in [-0.05, 0) is 73.6 Å². The highest BCUT2D eigenvalue weighted by Gasteiger charge is 2.24. The number of fused-ring (bicyclic) bond motifs is 3. The molecule has 0 fully saturated rings. The van der Waals surface area contributed by atoms with Gasteiger partial charge < -0.3 is 0 Å². The van der Waals surface area contributed by atoms with Gasteiger partial charge in [0.15, 0.2) is 0 Å². The second kappa shape index (κ2) is 7.00. The van der Waals surface area contributed by atoms with Crippen LogP contribution in [0.3, 0.4) is 0 Å². The molecule has 0 aliphatic heterocycles. The van der Waals surface area contributed by atoms with E-state index in [1.807, 2.05) is 22.7 Å². The Morgan fingerprint density at radius 1 is 0.759 bits per heavy atom. The second-order valence-electron chi connectivity index (χ2n) is 8.71. The van der Waals surface area contributed by atoms with Gasteiger partial charge in [0.25, 0.3) is 0 Å². The number of hydrogen-bond donors (Lipinski definition) is 0. The van der Waals surface area contributed by atoms with Crippen molar-refractivity contribution < 1.29 is 0 Å². The SMILES string of the molecule is CC1CCCc2cc(-c3ccc(-c4cc5c(s4)C(C)CCC5)c4nsnc34)sc21. The first-order chi connectivity index (χ1) is 14.2. The molecule has 0 saturated carbocycles. The molecule has 2 nitrogen and oxygen atoms in total. The van der Waals surface area contributed by atoms with Gasteiger partial charge in [-0.15, -0.1) is 22.7 Å². The third-order valence-corrected chi connectivity index (χ3v) is 10.1. The molecule has 0 spiro atoms. The second-order valence-corrected chi connectivity index (χ2v) is 11.4. The van der Waals surface area contributed by atoms with Crippen LogP contribution in [0.2, 0.25) is 0 Å². The zero-order valence-corrected chi connectivity index (χ0v) is 19.3. The average molecular weight is 437 g/mol. The number of nitrogens with zero attached hydrogens (tertiary/aromatic N) is 2. The van der Waals surface area contributed by atoms with Crippen LogP contribution in [0.5, 0.6) is 0 Å². The minimum absolute atomic E-state index is 0.695. The van der Waals surface area contributed by atoms with Crippen LogP contribution in [-0.2, 0) is 12.8 Å². The summed E-state index contributed by atoms with van der Waals surface area (Å²) in [6.07, 6.45) is 7.73. The molecule has 2 unspecified atom stereocenters. The maximum Gasteiger partial charge on any atom is 0.114 e. The molecule has 3 heterocycles. The predicted octanol–water partition coefficient (Wildman–Crippen LogP) is 8.03. The highest BCUT2D eigenvalue weighted by molar-refractivity contribution is 7.16. The van der Waals surface area contributed by atoms with Crippen LogP contribution in [0.1, 0.15) is 72.2 Å². The van der Waals surface area contributed by atoms with Crippen LogP contribution in [0.4, 0.5) is 0 Å². The van der Waals surface area contributed by atoms with Crippen molar-refractivity contribution in [2.75, 3.05) is 0 Å². The topological polar surface area (TPSA) is 25.8 Å². The van der Waals surface area contributed by atoms with Crippen molar-refractivity contribution in [2.45, 2.75) is 64.2 Å². The van der Waals surface area contributed by atoms with Crippen LogP contribution in [0.25, 0.3) is 31.9 Å². The molecule has 6 rings (SSSR count). The van der Waals surface area contributed by atoms with E-state index in [1.165, 1.54) is 71.1 Å². The minimum Gasteiger partial charge on any atom is -0.172 e. The zero-order valence-electron chi connectivity index (χ0n) is 16.8. The van der Waals surface area contributed by atoms with Crippen LogP contribution in [0, 0.1) is 0 Å². The van der Waals surface area contributed by atoms with Crippen molar-refractivity contribution in [3.63, 3.8) is 0 Å². The molecule has 5 heteroatoms. The van der Waals surface area contributed by atoms with Crippen molar-refractivity contribution >= 4 is 45.4 Å². The lowest BCUT2D eigenvalue weighted by Gasteiger charge is -2.17. The summed E-state index contributed by atoms with van der Waals surface area (Å²) in [6.45, 7) is 4.75. The highest BCUT2D eigenvalue weighted by atomic mass is 32.1. The molecule has 29 heavy (non-hydrogen) atoms. The van der Waals surface area contributed by atoms with Crippen molar-refractivity contribution in [3.8, 4) is 20.9 Å². The number of aryl methyl sites for hydroxylation is 2. The first-order valence-corrected chi connectivity index (χ1v) is 13.1. The van der Waals surface area contributed by atoms with Crippen molar-refractivity contribution in [3.05, 3.63) is 45.1 Å². The molecule has 2 aliphatic rings. The van der Waals surface area contributed by atoms with Crippen molar-refractivity contribution in [2.24, 2.45) is 0 Å². The molecular weight excluding hydrogens is 412 g/mol. The summed E-state index contributed by atoms with van der Waals surface area (Å²) in [5.41, 5.74) is 7.81. The van der Waals surface area contributed by atoms with E-state index in [9.17, 15) is 0 Å². The van der Waals surface area contributed by atoms with Crippen molar-refractivity contribution in [1.29, 1.82) is 0 Å². The number of thiophene rings is 2. The van der Waals surface area contributed by atoms with E-state index in [1.54, 1.807) is 20.9 Å². The summed E-state index contributed by atoms with van der Waals surface area (Å²) < 4.78 is 9.49. The van der Waals surface area contributed by atoms with Gasteiger partial charge in [0.2, 0.25) is 0 Å². The molecule has 0 radical (unpaired) electrons. The molecule has 0 N–H and O–H groups in total. The van der Waals surface area contributed by atoms with Gasteiger partial charge in [-0.2, -0.15) is 8.75 Å². The maximum absolute atomic E-state index is 4.75. The smallest absolute Gasteiger partial charge is 0.114 e. The van der Waals surface area contributed by atoms with Gasteiger partial charge in [0.1, 0.15) is 11.0 Å². The molecule has 0 amide bonds. The summed E-state index contributed by atoms with van der Waals surface area (Å²) in [7, 11) is 0. The van der Waals surface area contributed by atoms with Gasteiger partial charge in [0, 0.05) is 30.6 Å². The monoisotopic (exact) mass is 436 g/mol. The van der Waals surface area contributed by atoms with E-state index in [-0.39, 0.29) is 0 Å². The predicted molar refractivity (Wildman–Crippen MR) is 127 cm³/mol. The lowest BCUT2D eigenvalue weighted by atomic mass is 9.90. The molecule has 148 valence electrons. The Kier molecular flexibility index (Phi) is 4.40. The summed E-state index contributed by atoms with van der Waals surface area (Å²) in [6, 6.07) is 9.44. The molecule has 3 aromatic heterocycles. The zero-order chi connectivity index (χ0) is 19.5. The molecule has 4 aromatic rings. The van der Waals surface area contributed by atoms with Gasteiger partial charge in [-0.25, -0.2) is 0 Å². The standard InChI is InChI=1S/C24H24N2S3/c1-13-5-3-7-15-11-19(27-23(13)15)17-9-10-18(22-21(17)25-29-26-22)20-12-16-8-4-6-14(2)24(16)28-20/h9-14H,3-8H2,1-2H3. The summed E-state index contributed by atoms with van der Waals surface area (Å²) in [4.78, 5) is 5.91. The molecule has 2 aliphatic carbocycles. The van der Waals surface area contributed by atoms with Crippen LogP contribution in [0.15, 0.2) is 24.3 Å². The quantitative estimate of drug-likeness (QED) is 0.318. The van der Waals surface area contributed by atoms with Crippen LogP contribution in [-0.4, -0.2) is 8.75 Å².